The molecule has 3 N–H and O–H groups in total. The first-order valence-corrected chi connectivity index (χ1v) is 6.77. The van der Waals surface area contributed by atoms with E-state index in [-0.39, 0.29) is 17.7 Å². The standard InChI is InChI=1S/C13H25N3O3/c1-9(2)11(12(14)15-18)13(17)16(3)8-10-4-6-19-7-5-10/h9-11,18H,4-8H2,1-3H3,(H2,14,15). The summed E-state index contributed by atoms with van der Waals surface area (Å²) in [5.41, 5.74) is 5.62. The molecule has 0 aromatic carbocycles. The first-order chi connectivity index (χ1) is 8.97. The summed E-state index contributed by atoms with van der Waals surface area (Å²) in [6, 6.07) is 0. The normalized spacial score (nSPS) is 19.5. The van der Waals surface area contributed by atoms with Gasteiger partial charge in [0.05, 0.1) is 0 Å². The predicted octanol–water partition coefficient (Wildman–Crippen LogP) is 0.890. The van der Waals surface area contributed by atoms with Crippen molar-refractivity contribution in [1.82, 2.24) is 4.90 Å². The van der Waals surface area contributed by atoms with Gasteiger partial charge in [0, 0.05) is 26.8 Å². The van der Waals surface area contributed by atoms with Crippen LogP contribution in [-0.2, 0) is 9.53 Å². The van der Waals surface area contributed by atoms with Crippen molar-refractivity contribution in [3.8, 4) is 0 Å². The second-order valence-corrected chi connectivity index (χ2v) is 5.52. The largest absolute Gasteiger partial charge is 0.409 e. The summed E-state index contributed by atoms with van der Waals surface area (Å²) in [4.78, 5) is 14.1. The van der Waals surface area contributed by atoms with Crippen LogP contribution in [0.4, 0.5) is 0 Å². The number of hydrogen-bond acceptors (Lipinski definition) is 4. The van der Waals surface area contributed by atoms with Crippen LogP contribution < -0.4 is 5.73 Å². The number of nitrogens with two attached hydrogens (primary N) is 1. The molecule has 1 amide bonds. The van der Waals surface area contributed by atoms with Gasteiger partial charge in [0.1, 0.15) is 5.92 Å². The van der Waals surface area contributed by atoms with Gasteiger partial charge in [-0.2, -0.15) is 0 Å². The van der Waals surface area contributed by atoms with Crippen molar-refractivity contribution in [2.75, 3.05) is 26.8 Å². The number of rotatable bonds is 5. The number of amidine groups is 1. The molecule has 1 saturated heterocycles. The third-order valence-electron chi connectivity index (χ3n) is 3.62. The van der Waals surface area contributed by atoms with Crippen molar-refractivity contribution in [1.29, 1.82) is 0 Å². The molecule has 110 valence electrons. The van der Waals surface area contributed by atoms with Crippen LogP contribution in [0.5, 0.6) is 0 Å². The van der Waals surface area contributed by atoms with Gasteiger partial charge >= 0.3 is 0 Å². The average molecular weight is 271 g/mol. The van der Waals surface area contributed by atoms with Crippen LogP contribution >= 0.6 is 0 Å². The molecule has 0 spiro atoms. The minimum atomic E-state index is -0.560. The zero-order valence-corrected chi connectivity index (χ0v) is 12.0. The van der Waals surface area contributed by atoms with Gasteiger partial charge in [-0.05, 0) is 24.7 Å². The number of oxime groups is 1. The highest BCUT2D eigenvalue weighted by atomic mass is 16.5. The Morgan fingerprint density at radius 1 is 1.47 bits per heavy atom. The summed E-state index contributed by atoms with van der Waals surface area (Å²) in [5.74, 6) is -0.186. The van der Waals surface area contributed by atoms with E-state index in [1.807, 2.05) is 13.8 Å². The second-order valence-electron chi connectivity index (χ2n) is 5.52. The van der Waals surface area contributed by atoms with Crippen molar-refractivity contribution in [2.24, 2.45) is 28.6 Å². The fourth-order valence-electron chi connectivity index (χ4n) is 2.46. The molecular weight excluding hydrogens is 246 g/mol. The van der Waals surface area contributed by atoms with Gasteiger partial charge in [-0.3, -0.25) is 4.79 Å². The molecular formula is C13H25N3O3. The van der Waals surface area contributed by atoms with Gasteiger partial charge in [-0.1, -0.05) is 19.0 Å². The molecule has 6 nitrogen and oxygen atoms in total. The summed E-state index contributed by atoms with van der Waals surface area (Å²) in [5, 5.41) is 11.8. The SMILES string of the molecule is CC(C)C(C(=O)N(C)CC1CCOCC1)/C(N)=N/O. The van der Waals surface area contributed by atoms with Crippen LogP contribution in [-0.4, -0.2) is 48.7 Å². The number of ether oxygens (including phenoxy) is 1. The van der Waals surface area contributed by atoms with E-state index in [2.05, 4.69) is 5.16 Å². The molecule has 1 fully saturated rings. The molecule has 1 rings (SSSR count). The van der Waals surface area contributed by atoms with E-state index in [1.165, 1.54) is 0 Å². The van der Waals surface area contributed by atoms with Crippen LogP contribution in [0.25, 0.3) is 0 Å². The first kappa shape index (κ1) is 15.8. The zero-order valence-electron chi connectivity index (χ0n) is 12.0. The maximum atomic E-state index is 12.4. The number of carbonyl (C=O) groups excluding carboxylic acids is 1. The van der Waals surface area contributed by atoms with E-state index in [1.54, 1.807) is 11.9 Å². The molecule has 0 radical (unpaired) electrons. The Labute approximate surface area is 114 Å². The Bertz CT molecular complexity index is 325. The smallest absolute Gasteiger partial charge is 0.233 e. The molecule has 0 aliphatic carbocycles. The highest BCUT2D eigenvalue weighted by Gasteiger charge is 2.30. The van der Waals surface area contributed by atoms with Gasteiger partial charge in [-0.25, -0.2) is 0 Å². The highest BCUT2D eigenvalue weighted by molar-refractivity contribution is 6.02. The summed E-state index contributed by atoms with van der Waals surface area (Å²) >= 11 is 0. The maximum Gasteiger partial charge on any atom is 0.233 e. The van der Waals surface area contributed by atoms with Gasteiger partial charge in [0.15, 0.2) is 5.84 Å². The zero-order chi connectivity index (χ0) is 14.4. The van der Waals surface area contributed by atoms with Crippen molar-refractivity contribution in [2.45, 2.75) is 26.7 Å². The van der Waals surface area contributed by atoms with Crippen LogP contribution in [0.2, 0.25) is 0 Å². The van der Waals surface area contributed by atoms with Crippen LogP contribution in [0.1, 0.15) is 26.7 Å². The third kappa shape index (κ3) is 4.38. The molecule has 1 aliphatic heterocycles. The summed E-state index contributed by atoms with van der Waals surface area (Å²) in [7, 11) is 1.78. The highest BCUT2D eigenvalue weighted by Crippen LogP contribution is 2.19. The third-order valence-corrected chi connectivity index (χ3v) is 3.62. The fourth-order valence-corrected chi connectivity index (χ4v) is 2.46. The molecule has 1 heterocycles. The van der Waals surface area contributed by atoms with E-state index >= 15 is 0 Å². The lowest BCUT2D eigenvalue weighted by molar-refractivity contribution is -0.134. The van der Waals surface area contributed by atoms with Crippen LogP contribution in [0.15, 0.2) is 5.16 Å². The lowest BCUT2D eigenvalue weighted by atomic mass is 9.92. The van der Waals surface area contributed by atoms with Gasteiger partial charge < -0.3 is 20.6 Å². The van der Waals surface area contributed by atoms with Gasteiger partial charge in [-0.15, -0.1) is 0 Å². The average Bonchev–Trinajstić information content (AvgIpc) is 2.39. The minimum absolute atomic E-state index is 0.000499. The van der Waals surface area contributed by atoms with E-state index in [0.29, 0.717) is 12.5 Å². The topological polar surface area (TPSA) is 88.2 Å². The van der Waals surface area contributed by atoms with E-state index in [0.717, 1.165) is 26.1 Å². The maximum absolute atomic E-state index is 12.4. The quantitative estimate of drug-likeness (QED) is 0.336. The van der Waals surface area contributed by atoms with E-state index < -0.39 is 5.92 Å². The number of carbonyl (C=O) groups is 1. The molecule has 0 aromatic heterocycles. The Hall–Kier alpha value is -1.30. The molecule has 0 aromatic rings. The lowest BCUT2D eigenvalue weighted by Crippen LogP contribution is -2.44. The summed E-state index contributed by atoms with van der Waals surface area (Å²) in [6.45, 7) is 6.01. The van der Waals surface area contributed by atoms with Crippen molar-refractivity contribution >= 4 is 11.7 Å². The summed E-state index contributed by atoms with van der Waals surface area (Å²) < 4.78 is 5.31. The molecule has 6 heteroatoms. The van der Waals surface area contributed by atoms with Crippen molar-refractivity contribution in [3.05, 3.63) is 0 Å². The molecule has 0 saturated carbocycles. The predicted molar refractivity (Wildman–Crippen MR) is 72.9 cm³/mol. The van der Waals surface area contributed by atoms with Crippen LogP contribution in [0, 0.1) is 17.8 Å². The van der Waals surface area contributed by atoms with Gasteiger partial charge in [0.25, 0.3) is 0 Å². The van der Waals surface area contributed by atoms with E-state index in [9.17, 15) is 4.79 Å². The minimum Gasteiger partial charge on any atom is -0.409 e. The van der Waals surface area contributed by atoms with Gasteiger partial charge in [0.2, 0.25) is 5.91 Å². The van der Waals surface area contributed by atoms with Crippen molar-refractivity contribution in [3.63, 3.8) is 0 Å². The number of amides is 1. The van der Waals surface area contributed by atoms with Crippen molar-refractivity contribution < 1.29 is 14.7 Å². The second kappa shape index (κ2) is 7.33. The van der Waals surface area contributed by atoms with E-state index in [4.69, 9.17) is 15.7 Å². The molecule has 1 atom stereocenters. The Kier molecular flexibility index (Phi) is 6.08. The Morgan fingerprint density at radius 2 is 2.05 bits per heavy atom. The lowest BCUT2D eigenvalue weighted by Gasteiger charge is -2.30. The molecule has 0 bridgehead atoms. The molecule has 1 unspecified atom stereocenters. The Balaban J connectivity index is 2.62. The van der Waals surface area contributed by atoms with Crippen LogP contribution in [0.3, 0.4) is 0 Å². The first-order valence-electron chi connectivity index (χ1n) is 6.77. The molecule has 1 aliphatic rings. The summed E-state index contributed by atoms with van der Waals surface area (Å²) in [6.07, 6.45) is 1.96. The fraction of sp³-hybridized carbons (Fsp3) is 0.846. The number of nitrogens with zero attached hydrogens (tertiary/aromatic N) is 2. The molecule has 19 heavy (non-hydrogen) atoms. The Morgan fingerprint density at radius 3 is 2.53 bits per heavy atom. The monoisotopic (exact) mass is 271 g/mol. The number of hydrogen-bond donors (Lipinski definition) is 2.